The van der Waals surface area contributed by atoms with Crippen LogP contribution in [-0.2, 0) is 23.2 Å². The van der Waals surface area contributed by atoms with E-state index >= 15 is 0 Å². The van der Waals surface area contributed by atoms with Crippen molar-refractivity contribution in [3.8, 4) is 11.5 Å². The molecule has 0 amide bonds. The van der Waals surface area contributed by atoms with E-state index in [-0.39, 0.29) is 16.9 Å². The molecular weight excluding hydrogens is 324 g/mol. The molecule has 0 aliphatic heterocycles. The second-order valence-corrected chi connectivity index (χ2v) is 10.3. The van der Waals surface area contributed by atoms with Gasteiger partial charge in [0.2, 0.25) is 0 Å². The normalized spacial score (nSPS) is 37.7. The average Bonchev–Trinajstić information content (AvgIpc) is 2.87. The minimum atomic E-state index is 0.00345. The maximum Gasteiger partial charge on any atom is 0.161 e. The molecular formula is C23H34O3. The van der Waals surface area contributed by atoms with Crippen molar-refractivity contribution in [2.24, 2.45) is 22.7 Å². The minimum Gasteiger partial charge on any atom is -0.504 e. The van der Waals surface area contributed by atoms with E-state index in [0.717, 1.165) is 29.9 Å². The van der Waals surface area contributed by atoms with E-state index in [0.29, 0.717) is 23.4 Å². The molecule has 2 fully saturated rings. The number of fused-ring (bicyclic) bond motifs is 5. The van der Waals surface area contributed by atoms with Gasteiger partial charge in [0, 0.05) is 12.7 Å². The van der Waals surface area contributed by atoms with Gasteiger partial charge in [0.15, 0.2) is 11.5 Å². The van der Waals surface area contributed by atoms with Gasteiger partial charge in [-0.15, -0.1) is 0 Å². The third kappa shape index (κ3) is 2.22. The molecule has 0 spiro atoms. The number of hydrogen-bond acceptors (Lipinski definition) is 3. The van der Waals surface area contributed by atoms with Crippen molar-refractivity contribution in [3.05, 3.63) is 22.8 Å². The van der Waals surface area contributed by atoms with Crippen LogP contribution in [0.15, 0.2) is 6.07 Å². The van der Waals surface area contributed by atoms with Gasteiger partial charge in [0.05, 0.1) is 6.61 Å². The lowest BCUT2D eigenvalue weighted by Crippen LogP contribution is -2.55. The van der Waals surface area contributed by atoms with Crippen LogP contribution in [0.4, 0.5) is 0 Å². The van der Waals surface area contributed by atoms with Gasteiger partial charge in [-0.05, 0) is 77.4 Å². The van der Waals surface area contributed by atoms with Crippen LogP contribution in [0.5, 0.6) is 11.5 Å². The largest absolute Gasteiger partial charge is 0.504 e. The fourth-order valence-corrected chi connectivity index (χ4v) is 7.56. The number of methoxy groups -OCH3 is 1. The summed E-state index contributed by atoms with van der Waals surface area (Å²) in [5.74, 6) is 1.36. The van der Waals surface area contributed by atoms with Gasteiger partial charge in [-0.2, -0.15) is 0 Å². The first kappa shape index (κ1) is 18.2. The first-order valence-electron chi connectivity index (χ1n) is 10.2. The number of ether oxygens (including phenoxy) is 1. The summed E-state index contributed by atoms with van der Waals surface area (Å²) in [6.07, 6.45) is 7.20. The summed E-state index contributed by atoms with van der Waals surface area (Å²) >= 11 is 0. The van der Waals surface area contributed by atoms with Crippen molar-refractivity contribution in [3.63, 3.8) is 0 Å². The number of rotatable bonds is 2. The van der Waals surface area contributed by atoms with Crippen LogP contribution in [0.1, 0.15) is 76.5 Å². The Labute approximate surface area is 157 Å². The molecule has 3 heteroatoms. The summed E-state index contributed by atoms with van der Waals surface area (Å²) in [7, 11) is 1.70. The first-order valence-corrected chi connectivity index (χ1v) is 10.2. The number of benzene rings is 1. The Bertz CT molecular complexity index is 737. The molecule has 3 aliphatic rings. The van der Waals surface area contributed by atoms with Crippen LogP contribution in [-0.4, -0.2) is 17.3 Å². The van der Waals surface area contributed by atoms with E-state index in [4.69, 9.17) is 4.74 Å². The number of hydrogen-bond donors (Lipinski definition) is 2. The van der Waals surface area contributed by atoms with E-state index in [1.54, 1.807) is 13.2 Å². The molecule has 144 valence electrons. The fourth-order valence-electron chi connectivity index (χ4n) is 7.56. The van der Waals surface area contributed by atoms with Crippen molar-refractivity contribution in [1.82, 2.24) is 0 Å². The second kappa shape index (κ2) is 5.64. The molecule has 0 saturated heterocycles. The topological polar surface area (TPSA) is 49.7 Å². The SMILES string of the molecule is COCc1cc(O)c(O)c2c1C1(C)CCC3C(C)(C)CCCC3(C)C1C2. The quantitative estimate of drug-likeness (QED) is 0.705. The molecule has 0 radical (unpaired) electrons. The molecule has 26 heavy (non-hydrogen) atoms. The zero-order valence-electron chi connectivity index (χ0n) is 17.0. The van der Waals surface area contributed by atoms with Gasteiger partial charge in [-0.1, -0.05) is 34.1 Å². The average molecular weight is 359 g/mol. The predicted octanol–water partition coefficient (Wildman–Crippen LogP) is 5.30. The molecule has 4 atom stereocenters. The van der Waals surface area contributed by atoms with E-state index < -0.39 is 0 Å². The molecule has 2 N–H and O–H groups in total. The Morgan fingerprint density at radius 2 is 1.81 bits per heavy atom. The summed E-state index contributed by atoms with van der Waals surface area (Å²) in [4.78, 5) is 0. The molecule has 0 bridgehead atoms. The number of aromatic hydroxyl groups is 2. The third-order valence-electron chi connectivity index (χ3n) is 8.53. The van der Waals surface area contributed by atoms with E-state index in [2.05, 4.69) is 27.7 Å². The van der Waals surface area contributed by atoms with E-state index in [9.17, 15) is 10.2 Å². The highest BCUT2D eigenvalue weighted by atomic mass is 16.5. The van der Waals surface area contributed by atoms with Gasteiger partial charge >= 0.3 is 0 Å². The standard InChI is InChI=1S/C23H34O3/c1-21(2)8-6-9-22(3)17(21)7-10-23(4)18(22)12-15-19(23)14(13-26-5)11-16(24)20(15)25/h11,17-18,24-25H,6-10,12-13H2,1-5H3. The predicted molar refractivity (Wildman–Crippen MR) is 103 cm³/mol. The van der Waals surface area contributed by atoms with Crippen molar-refractivity contribution in [1.29, 1.82) is 0 Å². The molecule has 0 heterocycles. The Morgan fingerprint density at radius 1 is 1.08 bits per heavy atom. The van der Waals surface area contributed by atoms with E-state index in [1.807, 2.05) is 0 Å². The van der Waals surface area contributed by atoms with Crippen LogP contribution in [0.25, 0.3) is 0 Å². The second-order valence-electron chi connectivity index (χ2n) is 10.3. The summed E-state index contributed by atoms with van der Waals surface area (Å²) in [6, 6.07) is 1.73. The van der Waals surface area contributed by atoms with E-state index in [1.165, 1.54) is 31.2 Å². The lowest BCUT2D eigenvalue weighted by molar-refractivity contribution is -0.0985. The molecule has 4 rings (SSSR count). The van der Waals surface area contributed by atoms with Gasteiger partial charge in [0.1, 0.15) is 0 Å². The highest BCUT2D eigenvalue weighted by Gasteiger charge is 2.61. The summed E-state index contributed by atoms with van der Waals surface area (Å²) < 4.78 is 5.44. The monoisotopic (exact) mass is 358 g/mol. The van der Waals surface area contributed by atoms with Crippen LogP contribution in [0, 0.1) is 22.7 Å². The van der Waals surface area contributed by atoms with Crippen molar-refractivity contribution < 1.29 is 14.9 Å². The Hall–Kier alpha value is -1.22. The number of phenols is 2. The lowest BCUT2D eigenvalue weighted by atomic mass is 9.43. The maximum atomic E-state index is 10.7. The summed E-state index contributed by atoms with van der Waals surface area (Å²) in [5.41, 5.74) is 4.05. The van der Waals surface area contributed by atoms with Gasteiger partial charge in [0.25, 0.3) is 0 Å². The molecule has 4 unspecified atom stereocenters. The summed E-state index contributed by atoms with van der Waals surface area (Å²) in [5, 5.41) is 20.9. The van der Waals surface area contributed by atoms with Crippen molar-refractivity contribution >= 4 is 0 Å². The van der Waals surface area contributed by atoms with Crippen molar-refractivity contribution in [2.75, 3.05) is 7.11 Å². The molecule has 1 aromatic carbocycles. The first-order chi connectivity index (χ1) is 12.1. The summed E-state index contributed by atoms with van der Waals surface area (Å²) in [6.45, 7) is 10.3. The Morgan fingerprint density at radius 3 is 2.50 bits per heavy atom. The Kier molecular flexibility index (Phi) is 3.94. The zero-order valence-corrected chi connectivity index (χ0v) is 17.0. The smallest absolute Gasteiger partial charge is 0.161 e. The highest BCUT2D eigenvalue weighted by molar-refractivity contribution is 5.59. The lowest BCUT2D eigenvalue weighted by Gasteiger charge is -2.61. The molecule has 3 nitrogen and oxygen atoms in total. The van der Waals surface area contributed by atoms with Gasteiger partial charge < -0.3 is 14.9 Å². The molecule has 2 saturated carbocycles. The molecule has 3 aliphatic carbocycles. The third-order valence-corrected chi connectivity index (χ3v) is 8.53. The molecule has 0 aromatic heterocycles. The Balaban J connectivity index is 1.87. The van der Waals surface area contributed by atoms with Crippen LogP contribution in [0.2, 0.25) is 0 Å². The number of phenolic OH excluding ortho intramolecular Hbond substituents is 2. The van der Waals surface area contributed by atoms with Gasteiger partial charge in [-0.3, -0.25) is 0 Å². The molecule has 1 aromatic rings. The van der Waals surface area contributed by atoms with Crippen LogP contribution >= 0.6 is 0 Å². The minimum absolute atomic E-state index is 0.00345. The van der Waals surface area contributed by atoms with Gasteiger partial charge in [-0.25, -0.2) is 0 Å². The van der Waals surface area contributed by atoms with Crippen molar-refractivity contribution in [2.45, 2.75) is 78.2 Å². The van der Waals surface area contributed by atoms with Crippen LogP contribution in [0.3, 0.4) is 0 Å². The zero-order chi connectivity index (χ0) is 18.9. The fraction of sp³-hybridized carbons (Fsp3) is 0.739. The maximum absolute atomic E-state index is 10.7. The highest BCUT2D eigenvalue weighted by Crippen LogP contribution is 2.68. The van der Waals surface area contributed by atoms with Crippen LogP contribution < -0.4 is 0 Å².